The lowest BCUT2D eigenvalue weighted by molar-refractivity contribution is -0.108. The number of thioether (sulfide) groups is 2. The number of hydrogen-bond acceptors (Lipinski definition) is 7. The number of rotatable bonds is 25. The third-order valence-corrected chi connectivity index (χ3v) is 38.0. The topological polar surface area (TPSA) is 46.2 Å². The zero-order chi connectivity index (χ0) is 52.4. The smallest absolute Gasteiger partial charge is 0.261 e. The quantitative estimate of drug-likeness (QED) is 0.0725. The van der Waals surface area contributed by atoms with E-state index in [1.165, 1.54) is 34.7 Å². The standard InChI is InChI=1S/C61H106O5S2Si3/c1-44(2)27-25-28-54(65-70(48(9)10,49(11)12)50(13)14)39-52-34-33-51(15)59(64-52)43-61(67-37-26-38-68-61)42-56-41-55(40-53(63-56)35-36-62-69(45(3)4,46(5)6)47(7)8)66-71(60(16,17)18,57-29-21-19-22-30-57)58-31-23-20-24-32-58/h19-25,28-32,44-56,59H,26-27,33-43H2,1-18H3/b28-25+/t51-,52-,53-,54+,55-,56-,59+/m0/s1. The summed E-state index contributed by atoms with van der Waals surface area (Å²) in [6.45, 7) is 44.1. The van der Waals surface area contributed by atoms with Crippen molar-refractivity contribution in [1.82, 2.24) is 0 Å². The Hall–Kier alpha value is -0.669. The molecule has 0 unspecified atom stereocenters. The minimum Gasteiger partial charge on any atom is -0.416 e. The maximum Gasteiger partial charge on any atom is 0.261 e. The molecule has 10 heteroatoms. The van der Waals surface area contributed by atoms with Crippen LogP contribution in [-0.2, 0) is 22.8 Å². The van der Waals surface area contributed by atoms with E-state index in [0.717, 1.165) is 58.0 Å². The number of benzene rings is 2. The first-order valence-corrected chi connectivity index (χ1v) is 36.9. The van der Waals surface area contributed by atoms with Crippen LogP contribution in [0, 0.1) is 11.8 Å². The second-order valence-corrected chi connectivity index (χ2v) is 44.0. The van der Waals surface area contributed by atoms with Crippen molar-refractivity contribution in [3.8, 4) is 0 Å². The van der Waals surface area contributed by atoms with Gasteiger partial charge in [-0.05, 0) is 130 Å². The number of ether oxygens (including phenoxy) is 2. The molecule has 0 aliphatic carbocycles. The zero-order valence-corrected chi connectivity index (χ0v) is 53.2. The van der Waals surface area contributed by atoms with Gasteiger partial charge in [0.25, 0.3) is 8.32 Å². The summed E-state index contributed by atoms with van der Waals surface area (Å²) in [5, 5.41) is 2.60. The van der Waals surface area contributed by atoms with Crippen molar-refractivity contribution in [2.75, 3.05) is 18.1 Å². The highest BCUT2D eigenvalue weighted by atomic mass is 32.2. The molecule has 0 radical (unpaired) electrons. The maximum absolute atomic E-state index is 8.07. The zero-order valence-electron chi connectivity index (χ0n) is 48.6. The van der Waals surface area contributed by atoms with Crippen LogP contribution >= 0.6 is 23.5 Å². The molecule has 0 N–H and O–H groups in total. The molecule has 7 atom stereocenters. The van der Waals surface area contributed by atoms with Crippen LogP contribution in [0.15, 0.2) is 72.8 Å². The third-order valence-electron chi connectivity index (χ3n) is 17.2. The average Bonchev–Trinajstić information content (AvgIpc) is 3.29. The molecule has 0 bridgehead atoms. The van der Waals surface area contributed by atoms with Gasteiger partial charge in [0, 0.05) is 13.0 Å². The van der Waals surface area contributed by atoms with E-state index >= 15 is 0 Å². The summed E-state index contributed by atoms with van der Waals surface area (Å²) in [4.78, 5) is 0. The molecule has 0 spiro atoms. The van der Waals surface area contributed by atoms with Crippen molar-refractivity contribution in [3.05, 3.63) is 72.8 Å². The molecule has 0 aromatic heterocycles. The number of hydrogen-bond donors (Lipinski definition) is 0. The molecule has 2 aromatic rings. The molecule has 0 amide bonds. The van der Waals surface area contributed by atoms with Crippen molar-refractivity contribution in [1.29, 1.82) is 0 Å². The van der Waals surface area contributed by atoms with E-state index < -0.39 is 25.0 Å². The van der Waals surface area contributed by atoms with Gasteiger partial charge in [-0.25, -0.2) is 0 Å². The molecule has 3 saturated heterocycles. The van der Waals surface area contributed by atoms with Crippen LogP contribution in [0.2, 0.25) is 38.3 Å². The van der Waals surface area contributed by atoms with Gasteiger partial charge in [0.1, 0.15) is 0 Å². The van der Waals surface area contributed by atoms with Gasteiger partial charge in [0.15, 0.2) is 8.32 Å². The van der Waals surface area contributed by atoms with Crippen molar-refractivity contribution in [3.63, 3.8) is 0 Å². The Labute approximate surface area is 449 Å². The Bertz CT molecular complexity index is 1780. The Morgan fingerprint density at radius 2 is 1.18 bits per heavy atom. The predicted molar refractivity (Wildman–Crippen MR) is 320 cm³/mol. The van der Waals surface area contributed by atoms with Crippen molar-refractivity contribution >= 4 is 58.8 Å². The van der Waals surface area contributed by atoms with Crippen LogP contribution < -0.4 is 10.4 Å². The lowest BCUT2D eigenvalue weighted by Crippen LogP contribution is -2.68. The molecule has 3 heterocycles. The number of allylic oxidation sites excluding steroid dienone is 1. The molecular formula is C61H106O5S2Si3. The Morgan fingerprint density at radius 3 is 1.68 bits per heavy atom. The minimum absolute atomic E-state index is 0.0150. The van der Waals surface area contributed by atoms with Gasteiger partial charge in [-0.15, -0.1) is 23.5 Å². The first-order chi connectivity index (χ1) is 33.4. The molecule has 3 aliphatic heterocycles. The van der Waals surface area contributed by atoms with Crippen LogP contribution in [0.5, 0.6) is 0 Å². The second kappa shape index (κ2) is 27.1. The van der Waals surface area contributed by atoms with Crippen LogP contribution in [0.3, 0.4) is 0 Å². The predicted octanol–water partition coefficient (Wildman–Crippen LogP) is 17.1. The van der Waals surface area contributed by atoms with Crippen LogP contribution in [0.1, 0.15) is 189 Å². The highest BCUT2D eigenvalue weighted by Gasteiger charge is 2.54. The van der Waals surface area contributed by atoms with E-state index in [2.05, 4.69) is 221 Å². The summed E-state index contributed by atoms with van der Waals surface area (Å²) in [5.74, 6) is 3.52. The fourth-order valence-corrected chi connectivity index (χ4v) is 33.2. The van der Waals surface area contributed by atoms with Crippen LogP contribution in [0.4, 0.5) is 0 Å². The van der Waals surface area contributed by atoms with Gasteiger partial charge in [-0.3, -0.25) is 0 Å². The first kappa shape index (κ1) is 61.2. The third kappa shape index (κ3) is 15.1. The molecule has 3 fully saturated rings. The summed E-state index contributed by atoms with van der Waals surface area (Å²) < 4.78 is 37.9. The summed E-state index contributed by atoms with van der Waals surface area (Å²) >= 11 is 4.42. The average molecular weight is 1070 g/mol. The monoisotopic (exact) mass is 1070 g/mol. The summed E-state index contributed by atoms with van der Waals surface area (Å²) in [6.07, 6.45) is 15.9. The summed E-state index contributed by atoms with van der Waals surface area (Å²) in [5.41, 5.74) is 3.28. The molecule has 404 valence electrons. The highest BCUT2D eigenvalue weighted by molar-refractivity contribution is 8.18. The fraction of sp³-hybridized carbons (Fsp3) is 0.770. The molecule has 3 aliphatic rings. The van der Waals surface area contributed by atoms with Crippen molar-refractivity contribution < 1.29 is 22.8 Å². The Balaban J connectivity index is 1.46. The van der Waals surface area contributed by atoms with Gasteiger partial charge in [-0.2, -0.15) is 0 Å². The van der Waals surface area contributed by atoms with E-state index in [1.54, 1.807) is 0 Å². The second-order valence-electron chi connectivity index (χ2n) is 25.7. The van der Waals surface area contributed by atoms with E-state index in [0.29, 0.717) is 45.1 Å². The van der Waals surface area contributed by atoms with E-state index in [4.69, 9.17) is 22.8 Å². The van der Waals surface area contributed by atoms with Gasteiger partial charge in [0.05, 0.1) is 40.7 Å². The van der Waals surface area contributed by atoms with Crippen molar-refractivity contribution in [2.45, 2.75) is 268 Å². The SMILES string of the molecule is CC(C)C/C=C/[C@H](C[C@@H]1CC[C@H](C)[C@@H](CC2(C[C@@H]3C[C@@H](O[Si](c4ccccc4)(c4ccccc4)C(C)(C)C)C[C@H](CCO[Si](C(C)C)(C(C)C)C(C)C)O3)SCCCS2)O1)O[Si](C(C)C)(C(C)C)C(C)C. The Kier molecular flexibility index (Phi) is 23.3. The summed E-state index contributed by atoms with van der Waals surface area (Å²) in [7, 11) is -6.96. The Morgan fingerprint density at radius 1 is 0.662 bits per heavy atom. The molecule has 2 aromatic carbocycles. The highest BCUT2D eigenvalue weighted by Crippen LogP contribution is 2.53. The van der Waals surface area contributed by atoms with Crippen LogP contribution in [0.25, 0.3) is 0 Å². The van der Waals surface area contributed by atoms with Gasteiger partial charge < -0.3 is 22.8 Å². The van der Waals surface area contributed by atoms with E-state index in [-0.39, 0.29) is 45.7 Å². The summed E-state index contributed by atoms with van der Waals surface area (Å²) in [6, 6.07) is 22.5. The largest absolute Gasteiger partial charge is 0.416 e. The van der Waals surface area contributed by atoms with Crippen LogP contribution in [-0.4, -0.2) is 83.8 Å². The molecule has 0 saturated carbocycles. The van der Waals surface area contributed by atoms with E-state index in [9.17, 15) is 0 Å². The van der Waals surface area contributed by atoms with Gasteiger partial charge in [0.2, 0.25) is 8.32 Å². The maximum atomic E-state index is 8.07. The molecule has 71 heavy (non-hydrogen) atoms. The lowest BCUT2D eigenvalue weighted by atomic mass is 9.87. The molecule has 5 nitrogen and oxygen atoms in total. The first-order valence-electron chi connectivity index (χ1n) is 28.8. The lowest BCUT2D eigenvalue weighted by Gasteiger charge is -2.49. The van der Waals surface area contributed by atoms with Gasteiger partial charge >= 0.3 is 0 Å². The fourth-order valence-electron chi connectivity index (χ4n) is 14.0. The van der Waals surface area contributed by atoms with Crippen molar-refractivity contribution in [2.24, 2.45) is 11.8 Å². The van der Waals surface area contributed by atoms with Gasteiger partial charge in [-0.1, -0.05) is 197 Å². The molecular weight excluding hydrogens is 961 g/mol. The molecule has 5 rings (SSSR count). The normalized spacial score (nSPS) is 24.7. The minimum atomic E-state index is -2.81. The van der Waals surface area contributed by atoms with E-state index in [1.807, 2.05) is 0 Å².